The van der Waals surface area contributed by atoms with Crippen LogP contribution >= 0.6 is 0 Å². The number of hydrogen-bond donors (Lipinski definition) is 1. The predicted octanol–water partition coefficient (Wildman–Crippen LogP) is 3.07. The molecule has 2 aromatic heterocycles. The fraction of sp³-hybridized carbons (Fsp3) is 0.333. The third kappa shape index (κ3) is 2.40. The van der Waals surface area contributed by atoms with Gasteiger partial charge in [-0.05, 0) is 48.9 Å². The maximum Gasteiger partial charge on any atom is 0.160 e. The van der Waals surface area contributed by atoms with Crippen LogP contribution < -0.4 is 5.32 Å². The average Bonchev–Trinajstić information content (AvgIpc) is 2.91. The Balaban J connectivity index is 1.36. The van der Waals surface area contributed by atoms with Crippen LogP contribution in [0.5, 0.6) is 0 Å². The van der Waals surface area contributed by atoms with E-state index < -0.39 is 0 Å². The molecule has 1 saturated carbocycles. The van der Waals surface area contributed by atoms with Crippen molar-refractivity contribution in [1.29, 1.82) is 0 Å². The van der Waals surface area contributed by atoms with Gasteiger partial charge in [0.15, 0.2) is 11.5 Å². The lowest BCUT2D eigenvalue weighted by molar-refractivity contribution is 0.286. The molecule has 0 atom stereocenters. The molecule has 2 heterocycles. The number of aromatic nitrogens is 3. The third-order valence-electron chi connectivity index (χ3n) is 4.70. The van der Waals surface area contributed by atoms with E-state index in [0.717, 1.165) is 18.0 Å². The molecule has 1 aliphatic rings. The van der Waals surface area contributed by atoms with Gasteiger partial charge in [0.05, 0.1) is 6.54 Å². The van der Waals surface area contributed by atoms with Crippen molar-refractivity contribution in [2.45, 2.75) is 38.3 Å². The molecule has 1 aliphatic carbocycles. The van der Waals surface area contributed by atoms with Gasteiger partial charge >= 0.3 is 0 Å². The standard InChI is InChI=1S/C18H20N4/c1-13-6-2-3-7-16(13)14-10-15(11-14)19-12-18-21-20-17-8-4-5-9-22(17)18/h2-9,14-15,19H,10-12H2,1H3. The van der Waals surface area contributed by atoms with Crippen molar-refractivity contribution in [1.82, 2.24) is 19.9 Å². The Morgan fingerprint density at radius 1 is 1.09 bits per heavy atom. The smallest absolute Gasteiger partial charge is 0.160 e. The van der Waals surface area contributed by atoms with Crippen molar-refractivity contribution in [3.8, 4) is 0 Å². The Labute approximate surface area is 130 Å². The molecule has 0 spiro atoms. The number of nitrogens with one attached hydrogen (secondary N) is 1. The summed E-state index contributed by atoms with van der Waals surface area (Å²) in [6, 6.07) is 15.3. The molecule has 22 heavy (non-hydrogen) atoms. The quantitative estimate of drug-likeness (QED) is 0.803. The second-order valence-corrected chi connectivity index (χ2v) is 6.15. The van der Waals surface area contributed by atoms with E-state index in [9.17, 15) is 0 Å². The second-order valence-electron chi connectivity index (χ2n) is 6.15. The lowest BCUT2D eigenvalue weighted by atomic mass is 9.74. The fourth-order valence-electron chi connectivity index (χ4n) is 3.33. The summed E-state index contributed by atoms with van der Waals surface area (Å²) in [5.41, 5.74) is 3.83. The first-order chi connectivity index (χ1) is 10.8. The summed E-state index contributed by atoms with van der Waals surface area (Å²) in [6.45, 7) is 2.98. The van der Waals surface area contributed by atoms with Crippen LogP contribution in [0, 0.1) is 6.92 Å². The van der Waals surface area contributed by atoms with Gasteiger partial charge in [0.1, 0.15) is 0 Å². The fourth-order valence-corrected chi connectivity index (χ4v) is 3.33. The summed E-state index contributed by atoms with van der Waals surface area (Å²) in [5.74, 6) is 1.68. The highest BCUT2D eigenvalue weighted by Crippen LogP contribution is 2.38. The van der Waals surface area contributed by atoms with E-state index in [1.165, 1.54) is 24.0 Å². The zero-order chi connectivity index (χ0) is 14.9. The number of hydrogen-bond acceptors (Lipinski definition) is 3. The van der Waals surface area contributed by atoms with Crippen molar-refractivity contribution in [2.75, 3.05) is 0 Å². The molecule has 1 N–H and O–H groups in total. The highest BCUT2D eigenvalue weighted by atomic mass is 15.3. The minimum atomic E-state index is 0.584. The van der Waals surface area contributed by atoms with Crippen LogP contribution in [0.2, 0.25) is 0 Å². The molecule has 0 radical (unpaired) electrons. The number of fused-ring (bicyclic) bond motifs is 1. The predicted molar refractivity (Wildman–Crippen MR) is 86.8 cm³/mol. The van der Waals surface area contributed by atoms with Gasteiger partial charge in [-0.15, -0.1) is 10.2 Å². The Morgan fingerprint density at radius 2 is 1.91 bits per heavy atom. The molecule has 0 bridgehead atoms. The zero-order valence-electron chi connectivity index (χ0n) is 12.7. The highest BCUT2D eigenvalue weighted by Gasteiger charge is 2.30. The SMILES string of the molecule is Cc1ccccc1C1CC(NCc2nnc3ccccn23)C1. The molecule has 3 aromatic rings. The van der Waals surface area contributed by atoms with E-state index in [0.29, 0.717) is 12.0 Å². The van der Waals surface area contributed by atoms with Crippen LogP contribution in [-0.2, 0) is 6.54 Å². The summed E-state index contributed by atoms with van der Waals surface area (Å²) in [5, 5.41) is 12.1. The average molecular weight is 292 g/mol. The molecule has 0 saturated heterocycles. The summed E-state index contributed by atoms with van der Waals surface area (Å²) in [4.78, 5) is 0. The molecular formula is C18H20N4. The summed E-state index contributed by atoms with van der Waals surface area (Å²) >= 11 is 0. The Kier molecular flexibility index (Phi) is 3.39. The lowest BCUT2D eigenvalue weighted by Crippen LogP contribution is -2.40. The van der Waals surface area contributed by atoms with Gasteiger partial charge in [0, 0.05) is 12.2 Å². The molecular weight excluding hydrogens is 272 g/mol. The number of benzene rings is 1. The van der Waals surface area contributed by atoms with E-state index in [1.54, 1.807) is 0 Å². The molecule has 1 fully saturated rings. The molecule has 4 rings (SSSR count). The van der Waals surface area contributed by atoms with Crippen LogP contribution in [0.4, 0.5) is 0 Å². The number of pyridine rings is 1. The van der Waals surface area contributed by atoms with Crippen LogP contribution in [0.1, 0.15) is 35.7 Å². The lowest BCUT2D eigenvalue weighted by Gasteiger charge is -2.37. The monoisotopic (exact) mass is 292 g/mol. The maximum atomic E-state index is 4.27. The summed E-state index contributed by atoms with van der Waals surface area (Å²) in [6.07, 6.45) is 4.44. The van der Waals surface area contributed by atoms with Gasteiger partial charge in [-0.2, -0.15) is 0 Å². The second kappa shape index (κ2) is 5.54. The largest absolute Gasteiger partial charge is 0.307 e. The van der Waals surface area contributed by atoms with Gasteiger partial charge in [0.25, 0.3) is 0 Å². The molecule has 4 heteroatoms. The Morgan fingerprint density at radius 3 is 2.77 bits per heavy atom. The molecule has 0 unspecified atom stereocenters. The van der Waals surface area contributed by atoms with E-state index in [-0.39, 0.29) is 0 Å². The molecule has 0 amide bonds. The number of rotatable bonds is 4. The van der Waals surface area contributed by atoms with E-state index >= 15 is 0 Å². The number of aryl methyl sites for hydroxylation is 1. The van der Waals surface area contributed by atoms with E-state index in [1.807, 2.05) is 28.8 Å². The van der Waals surface area contributed by atoms with Crippen molar-refractivity contribution in [3.05, 3.63) is 65.6 Å². The van der Waals surface area contributed by atoms with Crippen molar-refractivity contribution < 1.29 is 0 Å². The Hall–Kier alpha value is -2.20. The normalized spacial score (nSPS) is 21.0. The van der Waals surface area contributed by atoms with Crippen molar-refractivity contribution in [2.24, 2.45) is 0 Å². The van der Waals surface area contributed by atoms with Crippen LogP contribution in [0.25, 0.3) is 5.65 Å². The molecule has 1 aromatic carbocycles. The van der Waals surface area contributed by atoms with Crippen LogP contribution in [-0.4, -0.2) is 20.6 Å². The van der Waals surface area contributed by atoms with Gasteiger partial charge in [0.2, 0.25) is 0 Å². The summed E-state index contributed by atoms with van der Waals surface area (Å²) in [7, 11) is 0. The van der Waals surface area contributed by atoms with Crippen molar-refractivity contribution >= 4 is 5.65 Å². The van der Waals surface area contributed by atoms with E-state index in [2.05, 4.69) is 46.7 Å². The number of nitrogens with zero attached hydrogens (tertiary/aromatic N) is 3. The van der Waals surface area contributed by atoms with Gasteiger partial charge in [-0.1, -0.05) is 30.3 Å². The maximum absolute atomic E-state index is 4.27. The first-order valence-electron chi connectivity index (χ1n) is 7.89. The van der Waals surface area contributed by atoms with Gasteiger partial charge < -0.3 is 5.32 Å². The summed E-state index contributed by atoms with van der Waals surface area (Å²) < 4.78 is 2.05. The van der Waals surface area contributed by atoms with Gasteiger partial charge in [-0.3, -0.25) is 4.40 Å². The highest BCUT2D eigenvalue weighted by molar-refractivity contribution is 5.37. The van der Waals surface area contributed by atoms with E-state index in [4.69, 9.17) is 0 Å². The van der Waals surface area contributed by atoms with Crippen LogP contribution in [0.3, 0.4) is 0 Å². The molecule has 0 aliphatic heterocycles. The third-order valence-corrected chi connectivity index (χ3v) is 4.70. The molecule has 112 valence electrons. The van der Waals surface area contributed by atoms with Gasteiger partial charge in [-0.25, -0.2) is 0 Å². The molecule has 4 nitrogen and oxygen atoms in total. The topological polar surface area (TPSA) is 42.2 Å². The van der Waals surface area contributed by atoms with Crippen molar-refractivity contribution in [3.63, 3.8) is 0 Å². The minimum absolute atomic E-state index is 0.584. The minimum Gasteiger partial charge on any atom is -0.307 e. The first kappa shape index (κ1) is 13.5. The Bertz CT molecular complexity index is 786. The first-order valence-corrected chi connectivity index (χ1v) is 7.89. The van der Waals surface area contributed by atoms with Crippen LogP contribution in [0.15, 0.2) is 48.7 Å². The zero-order valence-corrected chi connectivity index (χ0v) is 12.7.